The molecule has 0 radical (unpaired) electrons. The Kier molecular flexibility index (Phi) is 6.71. The second-order valence-electron chi connectivity index (χ2n) is 3.66. The van der Waals surface area contributed by atoms with Crippen LogP contribution >= 0.6 is 0 Å². The molecule has 19 heavy (non-hydrogen) atoms. The van der Waals surface area contributed by atoms with E-state index < -0.39 is 10.0 Å². The van der Waals surface area contributed by atoms with Crippen LogP contribution in [0.1, 0.15) is 6.42 Å². The van der Waals surface area contributed by atoms with E-state index in [9.17, 15) is 8.42 Å². The maximum atomic E-state index is 11.3. The molecule has 1 heterocycles. The third-order valence-electron chi connectivity index (χ3n) is 2.15. The summed E-state index contributed by atoms with van der Waals surface area (Å²) in [5.74, 6) is -0.00880. The van der Waals surface area contributed by atoms with Crippen LogP contribution in [0.15, 0.2) is 23.2 Å². The lowest BCUT2D eigenvalue weighted by atomic mass is 10.5. The third kappa shape index (κ3) is 5.97. The summed E-state index contributed by atoms with van der Waals surface area (Å²) in [7, 11) is -2.21. The number of hydrogen-bond donors (Lipinski definition) is 1. The molecule has 108 valence electrons. The zero-order valence-corrected chi connectivity index (χ0v) is 11.6. The van der Waals surface area contributed by atoms with Gasteiger partial charge in [0.25, 0.3) is 0 Å². The molecule has 0 aliphatic rings. The smallest absolute Gasteiger partial charge is 0.243 e. The molecule has 1 rings (SSSR count). The van der Waals surface area contributed by atoms with Crippen LogP contribution in [0.4, 0.5) is 0 Å². The van der Waals surface area contributed by atoms with Gasteiger partial charge >= 0.3 is 0 Å². The molecule has 0 aromatic carbocycles. The Balaban J connectivity index is 2.38. The number of hydrogen-bond acceptors (Lipinski definition) is 6. The van der Waals surface area contributed by atoms with Crippen molar-refractivity contribution in [2.75, 3.05) is 33.5 Å². The first-order valence-corrected chi connectivity index (χ1v) is 7.27. The van der Waals surface area contributed by atoms with Crippen LogP contribution in [0.5, 0.6) is 5.88 Å². The lowest BCUT2D eigenvalue weighted by molar-refractivity contribution is 0.0787. The van der Waals surface area contributed by atoms with Crippen molar-refractivity contribution in [2.24, 2.45) is 5.14 Å². The van der Waals surface area contributed by atoms with Crippen molar-refractivity contribution >= 4 is 10.0 Å². The molecule has 0 unspecified atom stereocenters. The first kappa shape index (κ1) is 15.8. The second kappa shape index (κ2) is 8.05. The Labute approximate surface area is 112 Å². The number of nitrogens with two attached hydrogens (primary N) is 1. The molecule has 0 saturated heterocycles. The predicted molar refractivity (Wildman–Crippen MR) is 68.4 cm³/mol. The monoisotopic (exact) mass is 290 g/mol. The zero-order valence-electron chi connectivity index (χ0n) is 10.7. The van der Waals surface area contributed by atoms with Gasteiger partial charge < -0.3 is 14.2 Å². The number of nitrogens with zero attached hydrogens (tertiary/aromatic N) is 1. The molecule has 2 N–H and O–H groups in total. The molecule has 0 saturated carbocycles. The quantitative estimate of drug-likeness (QED) is 0.650. The highest BCUT2D eigenvalue weighted by Crippen LogP contribution is 2.18. The van der Waals surface area contributed by atoms with E-state index in [0.29, 0.717) is 19.8 Å². The molecule has 0 bridgehead atoms. The maximum Gasteiger partial charge on any atom is 0.243 e. The highest BCUT2D eigenvalue weighted by molar-refractivity contribution is 7.89. The van der Waals surface area contributed by atoms with E-state index in [4.69, 9.17) is 19.3 Å². The van der Waals surface area contributed by atoms with Gasteiger partial charge in [-0.1, -0.05) is 0 Å². The van der Waals surface area contributed by atoms with Crippen LogP contribution in [0.25, 0.3) is 0 Å². The molecule has 1 aromatic rings. The topological polar surface area (TPSA) is 101 Å². The summed E-state index contributed by atoms with van der Waals surface area (Å²) in [4.78, 5) is 3.71. The lowest BCUT2D eigenvalue weighted by Gasteiger charge is -2.09. The number of ether oxygens (including phenoxy) is 3. The summed E-state index contributed by atoms with van der Waals surface area (Å²) in [6, 6.07) is 2.82. The van der Waals surface area contributed by atoms with Gasteiger partial charge in [-0.05, 0) is 18.6 Å². The number of primary sulfonamides is 1. The fourth-order valence-corrected chi connectivity index (χ4v) is 1.93. The van der Waals surface area contributed by atoms with E-state index in [1.165, 1.54) is 18.3 Å². The molecule has 0 aliphatic carbocycles. The van der Waals surface area contributed by atoms with Crippen molar-refractivity contribution in [2.45, 2.75) is 11.3 Å². The van der Waals surface area contributed by atoms with Crippen molar-refractivity contribution in [3.8, 4) is 5.88 Å². The van der Waals surface area contributed by atoms with E-state index in [0.717, 1.165) is 6.42 Å². The Morgan fingerprint density at radius 2 is 2.05 bits per heavy atom. The molecule has 0 atom stereocenters. The molecule has 0 amide bonds. The van der Waals surface area contributed by atoms with Gasteiger partial charge in [0, 0.05) is 26.5 Å². The normalized spacial score (nSPS) is 11.5. The fraction of sp³-hybridized carbons (Fsp3) is 0.545. The van der Waals surface area contributed by atoms with Crippen LogP contribution in [-0.4, -0.2) is 46.9 Å². The molecule has 7 nitrogen and oxygen atoms in total. The van der Waals surface area contributed by atoms with Crippen LogP contribution in [0, 0.1) is 0 Å². The van der Waals surface area contributed by atoms with E-state index in [-0.39, 0.29) is 17.4 Å². The fourth-order valence-electron chi connectivity index (χ4n) is 1.31. The SMILES string of the molecule is COCCCOCCOc1ncccc1S(N)(=O)=O. The Hall–Kier alpha value is -1.22. The number of sulfonamides is 1. The average molecular weight is 290 g/mol. The molecule has 0 aliphatic heterocycles. The maximum absolute atomic E-state index is 11.3. The van der Waals surface area contributed by atoms with Crippen molar-refractivity contribution in [1.29, 1.82) is 0 Å². The Morgan fingerprint density at radius 1 is 1.26 bits per heavy atom. The molecule has 1 aromatic heterocycles. The minimum absolute atomic E-state index is 0.00880. The highest BCUT2D eigenvalue weighted by atomic mass is 32.2. The van der Waals surface area contributed by atoms with Gasteiger partial charge in [-0.2, -0.15) is 0 Å². The summed E-state index contributed by atoms with van der Waals surface area (Å²) in [5.41, 5.74) is 0. The summed E-state index contributed by atoms with van der Waals surface area (Å²) in [5, 5.41) is 5.05. The minimum Gasteiger partial charge on any atom is -0.474 e. The second-order valence-corrected chi connectivity index (χ2v) is 5.19. The van der Waals surface area contributed by atoms with Crippen LogP contribution in [0.3, 0.4) is 0 Å². The summed E-state index contributed by atoms with van der Waals surface area (Å²) < 4.78 is 37.9. The van der Waals surface area contributed by atoms with Crippen molar-refractivity contribution in [3.05, 3.63) is 18.3 Å². The number of rotatable bonds is 9. The van der Waals surface area contributed by atoms with Gasteiger partial charge in [0.1, 0.15) is 11.5 Å². The van der Waals surface area contributed by atoms with Crippen molar-refractivity contribution in [1.82, 2.24) is 4.98 Å². The summed E-state index contributed by atoms with van der Waals surface area (Å²) >= 11 is 0. The third-order valence-corrected chi connectivity index (χ3v) is 3.07. The van der Waals surface area contributed by atoms with Crippen LogP contribution in [-0.2, 0) is 19.5 Å². The van der Waals surface area contributed by atoms with E-state index in [2.05, 4.69) is 4.98 Å². The Morgan fingerprint density at radius 3 is 2.74 bits per heavy atom. The summed E-state index contributed by atoms with van der Waals surface area (Å²) in [6.45, 7) is 1.73. The van der Waals surface area contributed by atoms with Gasteiger partial charge in [0.2, 0.25) is 15.9 Å². The number of methoxy groups -OCH3 is 1. The first-order chi connectivity index (χ1) is 9.05. The molecular formula is C11H18N2O5S. The van der Waals surface area contributed by atoms with Crippen molar-refractivity contribution < 1.29 is 22.6 Å². The average Bonchev–Trinajstić information content (AvgIpc) is 2.37. The van der Waals surface area contributed by atoms with E-state index >= 15 is 0 Å². The lowest BCUT2D eigenvalue weighted by Crippen LogP contribution is -2.16. The predicted octanol–water partition coefficient (Wildman–Crippen LogP) is 0.161. The standard InChI is InChI=1S/C11H18N2O5S/c1-16-6-3-7-17-8-9-18-11-10(19(12,14)15)4-2-5-13-11/h2,4-5H,3,6-9H2,1H3,(H2,12,14,15). The molecule has 8 heteroatoms. The number of aromatic nitrogens is 1. The zero-order chi connectivity index (χ0) is 14.1. The van der Waals surface area contributed by atoms with Crippen LogP contribution < -0.4 is 9.88 Å². The largest absolute Gasteiger partial charge is 0.474 e. The van der Waals surface area contributed by atoms with Gasteiger partial charge in [0.05, 0.1) is 6.61 Å². The minimum atomic E-state index is -3.83. The van der Waals surface area contributed by atoms with Gasteiger partial charge in [-0.25, -0.2) is 18.5 Å². The molecular weight excluding hydrogens is 272 g/mol. The van der Waals surface area contributed by atoms with Crippen molar-refractivity contribution in [3.63, 3.8) is 0 Å². The molecule has 0 spiro atoms. The van der Waals surface area contributed by atoms with E-state index in [1.807, 2.05) is 0 Å². The summed E-state index contributed by atoms with van der Waals surface area (Å²) in [6.07, 6.45) is 2.23. The van der Waals surface area contributed by atoms with E-state index in [1.54, 1.807) is 7.11 Å². The molecule has 0 fully saturated rings. The first-order valence-electron chi connectivity index (χ1n) is 5.73. The Bertz CT molecular complexity index is 478. The van der Waals surface area contributed by atoms with Gasteiger partial charge in [-0.15, -0.1) is 0 Å². The van der Waals surface area contributed by atoms with Crippen LogP contribution in [0.2, 0.25) is 0 Å². The highest BCUT2D eigenvalue weighted by Gasteiger charge is 2.15. The van der Waals surface area contributed by atoms with Gasteiger partial charge in [0.15, 0.2) is 0 Å². The van der Waals surface area contributed by atoms with Gasteiger partial charge in [-0.3, -0.25) is 0 Å². The number of pyridine rings is 1.